The number of rotatable bonds is 7. The van der Waals surface area contributed by atoms with Gasteiger partial charge in [0.15, 0.2) is 0 Å². The van der Waals surface area contributed by atoms with E-state index in [1.807, 2.05) is 36.4 Å². The predicted molar refractivity (Wildman–Crippen MR) is 134 cm³/mol. The molecule has 0 saturated carbocycles. The molecular weight excluding hydrogens is 428 g/mol. The Morgan fingerprint density at radius 2 is 2.03 bits per heavy atom. The van der Waals surface area contributed by atoms with Crippen LogP contribution in [-0.4, -0.2) is 54.5 Å². The average molecular weight is 467 g/mol. The van der Waals surface area contributed by atoms with Gasteiger partial charge in [0.25, 0.3) is 5.91 Å². The Morgan fingerprint density at radius 1 is 1.15 bits per heavy atom. The summed E-state index contributed by atoms with van der Waals surface area (Å²) in [5.74, 6) is 1.15. The van der Waals surface area contributed by atoms with E-state index in [0.29, 0.717) is 50.7 Å². The number of benzene rings is 1. The highest BCUT2D eigenvalue weighted by Crippen LogP contribution is 2.25. The van der Waals surface area contributed by atoms with Crippen LogP contribution in [0.15, 0.2) is 42.6 Å². The van der Waals surface area contributed by atoms with Crippen LogP contribution in [0.5, 0.6) is 5.75 Å². The van der Waals surface area contributed by atoms with Crippen LogP contribution in [0.25, 0.3) is 0 Å². The number of ether oxygens (including phenoxy) is 1. The molecule has 1 aromatic heterocycles. The standard InChI is InChI=1S/C27H38N4O3/c1-21(2)13-17-31-19-24-23(27(33)30-16-12-22-9-4-6-14-28-22)10-8-11-25(24)34-18-7-3-5-15-29-26(32)20-31/h4,6,8-11,14,21H,3,5,7,12-13,15-20H2,1-2H3,(H,29,32)(H,30,33). The molecule has 34 heavy (non-hydrogen) atoms. The van der Waals surface area contributed by atoms with Crippen LogP contribution in [0.1, 0.15) is 61.1 Å². The zero-order valence-corrected chi connectivity index (χ0v) is 20.5. The van der Waals surface area contributed by atoms with E-state index >= 15 is 0 Å². The molecule has 2 heterocycles. The summed E-state index contributed by atoms with van der Waals surface area (Å²) in [6.45, 7) is 7.71. The topological polar surface area (TPSA) is 83.6 Å². The maximum absolute atomic E-state index is 13.2. The van der Waals surface area contributed by atoms with Crippen molar-refractivity contribution >= 4 is 11.8 Å². The van der Waals surface area contributed by atoms with Gasteiger partial charge in [0.05, 0.1) is 13.2 Å². The van der Waals surface area contributed by atoms with E-state index in [1.54, 1.807) is 6.20 Å². The van der Waals surface area contributed by atoms with Crippen molar-refractivity contribution in [2.75, 3.05) is 32.8 Å². The molecule has 0 atom stereocenters. The summed E-state index contributed by atoms with van der Waals surface area (Å²) in [5, 5.41) is 6.07. The van der Waals surface area contributed by atoms with Crippen molar-refractivity contribution in [3.63, 3.8) is 0 Å². The van der Waals surface area contributed by atoms with E-state index in [0.717, 1.165) is 49.2 Å². The van der Waals surface area contributed by atoms with E-state index in [-0.39, 0.29) is 11.8 Å². The third-order valence-electron chi connectivity index (χ3n) is 5.94. The van der Waals surface area contributed by atoms with Crippen molar-refractivity contribution in [2.24, 2.45) is 5.92 Å². The average Bonchev–Trinajstić information content (AvgIpc) is 2.84. The van der Waals surface area contributed by atoms with Gasteiger partial charge in [-0.25, -0.2) is 0 Å². The largest absolute Gasteiger partial charge is 0.493 e. The van der Waals surface area contributed by atoms with Gasteiger partial charge in [0, 0.05) is 49.1 Å². The molecule has 7 nitrogen and oxygen atoms in total. The molecule has 3 rings (SSSR count). The number of fused-ring (bicyclic) bond motifs is 1. The molecule has 2 aromatic rings. The Labute approximate surface area is 203 Å². The van der Waals surface area contributed by atoms with E-state index in [4.69, 9.17) is 4.74 Å². The molecule has 0 aliphatic carbocycles. The van der Waals surface area contributed by atoms with Crippen LogP contribution in [0.2, 0.25) is 0 Å². The number of amides is 2. The first kappa shape index (κ1) is 25.7. The summed E-state index contributed by atoms with van der Waals surface area (Å²) in [4.78, 5) is 32.2. The molecule has 0 fully saturated rings. The van der Waals surface area contributed by atoms with Crippen molar-refractivity contribution in [3.05, 3.63) is 59.4 Å². The summed E-state index contributed by atoms with van der Waals surface area (Å²) in [7, 11) is 0. The number of nitrogens with one attached hydrogen (secondary N) is 2. The molecule has 2 N–H and O–H groups in total. The van der Waals surface area contributed by atoms with Crippen LogP contribution < -0.4 is 15.4 Å². The van der Waals surface area contributed by atoms with Crippen LogP contribution in [0.3, 0.4) is 0 Å². The minimum absolute atomic E-state index is 0.0303. The lowest BCUT2D eigenvalue weighted by Crippen LogP contribution is -2.38. The van der Waals surface area contributed by atoms with E-state index < -0.39 is 0 Å². The fourth-order valence-corrected chi connectivity index (χ4v) is 3.97. The van der Waals surface area contributed by atoms with E-state index in [1.165, 1.54) is 0 Å². The Balaban J connectivity index is 1.80. The van der Waals surface area contributed by atoms with Crippen LogP contribution in [0.4, 0.5) is 0 Å². The van der Waals surface area contributed by atoms with Gasteiger partial charge in [-0.15, -0.1) is 0 Å². The lowest BCUT2D eigenvalue weighted by atomic mass is 10.0. The molecule has 0 saturated heterocycles. The van der Waals surface area contributed by atoms with Crippen LogP contribution >= 0.6 is 0 Å². The summed E-state index contributed by atoms with van der Waals surface area (Å²) >= 11 is 0. The third kappa shape index (κ3) is 8.45. The zero-order valence-electron chi connectivity index (χ0n) is 20.5. The predicted octanol–water partition coefficient (Wildman–Crippen LogP) is 3.58. The quantitative estimate of drug-likeness (QED) is 0.652. The van der Waals surface area contributed by atoms with Crippen LogP contribution in [-0.2, 0) is 17.8 Å². The van der Waals surface area contributed by atoms with Gasteiger partial charge in [-0.05, 0) is 62.4 Å². The van der Waals surface area contributed by atoms with Gasteiger partial charge in [-0.1, -0.05) is 26.0 Å². The lowest BCUT2D eigenvalue weighted by Gasteiger charge is -2.25. The molecule has 1 aliphatic rings. The summed E-state index contributed by atoms with van der Waals surface area (Å²) in [5.41, 5.74) is 2.38. The first-order valence-corrected chi connectivity index (χ1v) is 12.4. The van der Waals surface area contributed by atoms with Gasteiger partial charge >= 0.3 is 0 Å². The molecule has 1 aromatic carbocycles. The number of carbonyl (C=O) groups excluding carboxylic acids is 2. The molecule has 0 radical (unpaired) electrons. The second-order valence-electron chi connectivity index (χ2n) is 9.26. The molecular formula is C27H38N4O3. The maximum Gasteiger partial charge on any atom is 0.251 e. The van der Waals surface area contributed by atoms with Gasteiger partial charge in [0.2, 0.25) is 5.91 Å². The molecule has 0 bridgehead atoms. The number of hydrogen-bond acceptors (Lipinski definition) is 5. The molecule has 0 unspecified atom stereocenters. The summed E-state index contributed by atoms with van der Waals surface area (Å²) in [6, 6.07) is 11.4. The van der Waals surface area contributed by atoms with Gasteiger partial charge in [0.1, 0.15) is 5.75 Å². The fourth-order valence-electron chi connectivity index (χ4n) is 3.97. The molecule has 1 aliphatic heterocycles. The van der Waals surface area contributed by atoms with E-state index in [9.17, 15) is 9.59 Å². The fraction of sp³-hybridized carbons (Fsp3) is 0.519. The molecule has 7 heteroatoms. The minimum atomic E-state index is -0.131. The Kier molecular flexibility index (Phi) is 10.3. The van der Waals surface area contributed by atoms with Crippen molar-refractivity contribution in [2.45, 2.75) is 52.5 Å². The molecule has 2 amide bonds. The highest BCUT2D eigenvalue weighted by atomic mass is 16.5. The normalized spacial score (nSPS) is 15.8. The number of carbonyl (C=O) groups is 2. The smallest absolute Gasteiger partial charge is 0.251 e. The Hall–Kier alpha value is -2.93. The van der Waals surface area contributed by atoms with Gasteiger partial charge in [-0.2, -0.15) is 0 Å². The molecule has 184 valence electrons. The Bertz CT molecular complexity index is 917. The second-order valence-corrected chi connectivity index (χ2v) is 9.26. The van der Waals surface area contributed by atoms with Gasteiger partial charge in [-0.3, -0.25) is 19.5 Å². The summed E-state index contributed by atoms with van der Waals surface area (Å²) < 4.78 is 6.14. The highest BCUT2D eigenvalue weighted by Gasteiger charge is 2.21. The third-order valence-corrected chi connectivity index (χ3v) is 5.94. The number of pyridine rings is 1. The molecule has 0 spiro atoms. The lowest BCUT2D eigenvalue weighted by molar-refractivity contribution is -0.122. The van der Waals surface area contributed by atoms with Crippen molar-refractivity contribution in [3.8, 4) is 5.75 Å². The number of aromatic nitrogens is 1. The van der Waals surface area contributed by atoms with E-state index in [2.05, 4.69) is 34.4 Å². The minimum Gasteiger partial charge on any atom is -0.493 e. The SMILES string of the molecule is CC(C)CCN1CC(=O)NCCCCCOc2cccc(C(=O)NCCc3ccccn3)c2C1. The highest BCUT2D eigenvalue weighted by molar-refractivity contribution is 5.96. The number of hydrogen-bond donors (Lipinski definition) is 2. The Morgan fingerprint density at radius 3 is 2.82 bits per heavy atom. The monoisotopic (exact) mass is 466 g/mol. The van der Waals surface area contributed by atoms with Gasteiger partial charge < -0.3 is 15.4 Å². The maximum atomic E-state index is 13.2. The van der Waals surface area contributed by atoms with Crippen LogP contribution in [0, 0.1) is 5.92 Å². The number of nitrogens with zero attached hydrogens (tertiary/aromatic N) is 2. The van der Waals surface area contributed by atoms with Crippen molar-refractivity contribution in [1.82, 2.24) is 20.5 Å². The van der Waals surface area contributed by atoms with Crippen molar-refractivity contribution < 1.29 is 14.3 Å². The second kappa shape index (κ2) is 13.7. The van der Waals surface area contributed by atoms with Crippen molar-refractivity contribution in [1.29, 1.82) is 0 Å². The zero-order chi connectivity index (χ0) is 24.2. The first-order valence-electron chi connectivity index (χ1n) is 12.4. The summed E-state index contributed by atoms with van der Waals surface area (Å²) in [6.07, 6.45) is 6.23. The first-order chi connectivity index (χ1) is 16.5.